The van der Waals surface area contributed by atoms with Gasteiger partial charge < -0.3 is 9.84 Å². The molecule has 0 saturated heterocycles. The maximum absolute atomic E-state index is 11.9. The van der Waals surface area contributed by atoms with Crippen LogP contribution in [0.5, 0.6) is 5.75 Å². The van der Waals surface area contributed by atoms with Gasteiger partial charge in [0, 0.05) is 5.56 Å². The molecule has 0 aromatic heterocycles. The predicted octanol–water partition coefficient (Wildman–Crippen LogP) is 3.74. The van der Waals surface area contributed by atoms with E-state index in [0.717, 1.165) is 0 Å². The van der Waals surface area contributed by atoms with Gasteiger partial charge in [-0.25, -0.2) is 4.79 Å². The number of halogens is 2. The van der Waals surface area contributed by atoms with Crippen molar-refractivity contribution in [3.63, 3.8) is 0 Å². The molecule has 108 valence electrons. The van der Waals surface area contributed by atoms with Crippen LogP contribution in [-0.2, 0) is 4.74 Å². The number of ether oxygens (including phenoxy) is 1. The van der Waals surface area contributed by atoms with E-state index in [1.165, 1.54) is 30.3 Å². The van der Waals surface area contributed by atoms with Crippen LogP contribution in [0.15, 0.2) is 42.5 Å². The summed E-state index contributed by atoms with van der Waals surface area (Å²) in [6.45, 7) is -0.453. The highest BCUT2D eigenvalue weighted by atomic mass is 35.5. The molecule has 0 fully saturated rings. The lowest BCUT2D eigenvalue weighted by Crippen LogP contribution is -2.14. The maximum atomic E-state index is 11.9. The predicted molar refractivity (Wildman–Crippen MR) is 79.2 cm³/mol. The van der Waals surface area contributed by atoms with E-state index in [4.69, 9.17) is 27.9 Å². The van der Waals surface area contributed by atoms with Crippen LogP contribution < -0.4 is 0 Å². The highest BCUT2D eigenvalue weighted by Gasteiger charge is 2.15. The lowest BCUT2D eigenvalue weighted by atomic mass is 10.1. The number of Topliss-reactive ketones (excluding diaryl/α,β-unsaturated/α-hetero) is 1. The zero-order valence-corrected chi connectivity index (χ0v) is 12.2. The molecule has 0 amide bonds. The van der Waals surface area contributed by atoms with Gasteiger partial charge in [-0.3, -0.25) is 4.79 Å². The molecule has 2 aromatic rings. The van der Waals surface area contributed by atoms with Crippen LogP contribution in [0.25, 0.3) is 0 Å². The van der Waals surface area contributed by atoms with Crippen molar-refractivity contribution in [3.05, 3.63) is 63.6 Å². The number of carbonyl (C=O) groups is 2. The zero-order chi connectivity index (χ0) is 15.4. The first-order valence-electron chi connectivity index (χ1n) is 5.92. The number of phenols is 1. The number of phenolic OH excluding ortho intramolecular Hbond substituents is 1. The first kappa shape index (κ1) is 15.4. The van der Waals surface area contributed by atoms with Crippen molar-refractivity contribution < 1.29 is 19.4 Å². The summed E-state index contributed by atoms with van der Waals surface area (Å²) in [5.74, 6) is -1.40. The first-order chi connectivity index (χ1) is 9.99. The summed E-state index contributed by atoms with van der Waals surface area (Å²) in [4.78, 5) is 23.6. The monoisotopic (exact) mass is 324 g/mol. The van der Waals surface area contributed by atoms with Gasteiger partial charge in [0.05, 0.1) is 10.0 Å². The quantitative estimate of drug-likeness (QED) is 0.687. The fourth-order valence-corrected chi connectivity index (χ4v) is 1.91. The molecular weight excluding hydrogens is 315 g/mol. The Labute approximate surface area is 130 Å². The summed E-state index contributed by atoms with van der Waals surface area (Å²) < 4.78 is 4.87. The molecule has 0 bridgehead atoms. The SMILES string of the molecule is O=C(COC(=O)c1ccccc1O)c1ccc(Cl)c(Cl)c1. The van der Waals surface area contributed by atoms with Crippen molar-refractivity contribution in [3.8, 4) is 5.75 Å². The molecule has 4 nitrogen and oxygen atoms in total. The number of carbonyl (C=O) groups excluding carboxylic acids is 2. The van der Waals surface area contributed by atoms with E-state index >= 15 is 0 Å². The molecule has 0 aliphatic rings. The zero-order valence-electron chi connectivity index (χ0n) is 10.7. The van der Waals surface area contributed by atoms with Crippen molar-refractivity contribution in [1.29, 1.82) is 0 Å². The van der Waals surface area contributed by atoms with E-state index in [9.17, 15) is 14.7 Å². The number of para-hydroxylation sites is 1. The average Bonchev–Trinajstić information content (AvgIpc) is 2.47. The minimum absolute atomic E-state index is 0.000520. The third-order valence-corrected chi connectivity index (χ3v) is 3.44. The van der Waals surface area contributed by atoms with Crippen molar-refractivity contribution in [2.75, 3.05) is 6.61 Å². The van der Waals surface area contributed by atoms with E-state index in [-0.39, 0.29) is 21.9 Å². The molecule has 0 atom stereocenters. The summed E-state index contributed by atoms with van der Waals surface area (Å²) in [5, 5.41) is 10.1. The van der Waals surface area contributed by atoms with Gasteiger partial charge in [-0.05, 0) is 30.3 Å². The molecule has 2 aromatic carbocycles. The lowest BCUT2D eigenvalue weighted by Gasteiger charge is -2.06. The maximum Gasteiger partial charge on any atom is 0.342 e. The Bertz CT molecular complexity index is 698. The Hall–Kier alpha value is -2.04. The number of benzene rings is 2. The Morgan fingerprint density at radius 1 is 1.05 bits per heavy atom. The van der Waals surface area contributed by atoms with E-state index < -0.39 is 18.4 Å². The molecule has 0 aliphatic heterocycles. The molecule has 0 spiro atoms. The number of hydrogen-bond acceptors (Lipinski definition) is 4. The van der Waals surface area contributed by atoms with Gasteiger partial charge in [0.1, 0.15) is 11.3 Å². The van der Waals surface area contributed by atoms with Gasteiger partial charge in [-0.1, -0.05) is 35.3 Å². The molecule has 0 saturated carbocycles. The average molecular weight is 325 g/mol. The number of rotatable bonds is 4. The van der Waals surface area contributed by atoms with E-state index in [0.29, 0.717) is 5.02 Å². The highest BCUT2D eigenvalue weighted by Crippen LogP contribution is 2.23. The Morgan fingerprint density at radius 3 is 2.43 bits per heavy atom. The molecular formula is C15H10Cl2O4. The lowest BCUT2D eigenvalue weighted by molar-refractivity contribution is 0.0472. The Balaban J connectivity index is 2.02. The van der Waals surface area contributed by atoms with Crippen LogP contribution in [0.4, 0.5) is 0 Å². The van der Waals surface area contributed by atoms with Gasteiger partial charge >= 0.3 is 5.97 Å². The summed E-state index contributed by atoms with van der Waals surface area (Å²) >= 11 is 11.6. The third kappa shape index (κ3) is 3.74. The van der Waals surface area contributed by atoms with Gasteiger partial charge in [0.25, 0.3) is 0 Å². The number of esters is 1. The molecule has 0 radical (unpaired) electrons. The standard InChI is InChI=1S/C15H10Cl2O4/c16-11-6-5-9(7-12(11)17)14(19)8-21-15(20)10-3-1-2-4-13(10)18/h1-7,18H,8H2. The van der Waals surface area contributed by atoms with E-state index in [1.54, 1.807) is 12.1 Å². The van der Waals surface area contributed by atoms with Crippen LogP contribution in [-0.4, -0.2) is 23.5 Å². The topological polar surface area (TPSA) is 63.6 Å². The second kappa shape index (κ2) is 6.61. The van der Waals surface area contributed by atoms with Crippen LogP contribution in [0.2, 0.25) is 10.0 Å². The van der Waals surface area contributed by atoms with Gasteiger partial charge in [0.2, 0.25) is 0 Å². The van der Waals surface area contributed by atoms with Gasteiger partial charge in [0.15, 0.2) is 12.4 Å². The normalized spacial score (nSPS) is 10.2. The molecule has 1 N–H and O–H groups in total. The van der Waals surface area contributed by atoms with Crippen molar-refractivity contribution in [2.24, 2.45) is 0 Å². The van der Waals surface area contributed by atoms with Gasteiger partial charge in [-0.2, -0.15) is 0 Å². The van der Waals surface area contributed by atoms with E-state index in [1.807, 2.05) is 0 Å². The van der Waals surface area contributed by atoms with Crippen LogP contribution >= 0.6 is 23.2 Å². The summed E-state index contributed by atoms with van der Waals surface area (Å²) in [7, 11) is 0. The van der Waals surface area contributed by atoms with Crippen molar-refractivity contribution in [1.82, 2.24) is 0 Å². The van der Waals surface area contributed by atoms with Gasteiger partial charge in [-0.15, -0.1) is 0 Å². The van der Waals surface area contributed by atoms with E-state index in [2.05, 4.69) is 0 Å². The summed E-state index contributed by atoms with van der Waals surface area (Å²) in [6.07, 6.45) is 0. The smallest absolute Gasteiger partial charge is 0.342 e. The van der Waals surface area contributed by atoms with Crippen LogP contribution in [0.3, 0.4) is 0 Å². The fourth-order valence-electron chi connectivity index (χ4n) is 1.61. The molecule has 0 aliphatic carbocycles. The fraction of sp³-hybridized carbons (Fsp3) is 0.0667. The number of hydrogen-bond donors (Lipinski definition) is 1. The molecule has 0 heterocycles. The first-order valence-corrected chi connectivity index (χ1v) is 6.68. The minimum atomic E-state index is -0.776. The summed E-state index contributed by atoms with van der Waals surface area (Å²) in [6, 6.07) is 10.3. The largest absolute Gasteiger partial charge is 0.507 e. The van der Waals surface area contributed by atoms with Crippen molar-refractivity contribution >= 4 is 35.0 Å². The third-order valence-electron chi connectivity index (χ3n) is 2.70. The minimum Gasteiger partial charge on any atom is -0.507 e. The molecule has 2 rings (SSSR count). The van der Waals surface area contributed by atoms with Crippen LogP contribution in [0.1, 0.15) is 20.7 Å². The number of aromatic hydroxyl groups is 1. The van der Waals surface area contributed by atoms with Crippen molar-refractivity contribution in [2.45, 2.75) is 0 Å². The Morgan fingerprint density at radius 2 is 1.76 bits per heavy atom. The summed E-state index contributed by atoms with van der Waals surface area (Å²) in [5.41, 5.74) is 0.286. The molecule has 6 heteroatoms. The highest BCUT2D eigenvalue weighted by molar-refractivity contribution is 6.42. The molecule has 21 heavy (non-hydrogen) atoms. The number of ketones is 1. The second-order valence-electron chi connectivity index (χ2n) is 4.15. The second-order valence-corrected chi connectivity index (χ2v) is 4.96. The Kier molecular flexibility index (Phi) is 4.83. The van der Waals surface area contributed by atoms with Crippen LogP contribution in [0, 0.1) is 0 Å². The molecule has 0 unspecified atom stereocenters.